The molecule has 0 radical (unpaired) electrons. The molecular formula is C22H27N5O2. The Morgan fingerprint density at radius 2 is 1.79 bits per heavy atom. The van der Waals surface area contributed by atoms with Gasteiger partial charge in [0.15, 0.2) is 0 Å². The van der Waals surface area contributed by atoms with E-state index in [0.29, 0.717) is 13.1 Å². The van der Waals surface area contributed by atoms with Gasteiger partial charge in [-0.2, -0.15) is 0 Å². The number of aryl methyl sites for hydroxylation is 1. The van der Waals surface area contributed by atoms with Crippen molar-refractivity contribution in [2.24, 2.45) is 0 Å². The van der Waals surface area contributed by atoms with E-state index in [9.17, 15) is 9.59 Å². The van der Waals surface area contributed by atoms with Crippen LogP contribution in [0.25, 0.3) is 11.0 Å². The molecule has 3 heterocycles. The molecule has 7 nitrogen and oxygen atoms in total. The van der Waals surface area contributed by atoms with Crippen molar-refractivity contribution in [1.82, 2.24) is 23.9 Å². The molecule has 7 heteroatoms. The highest BCUT2D eigenvalue weighted by Gasteiger charge is 2.28. The van der Waals surface area contributed by atoms with Gasteiger partial charge in [-0.1, -0.05) is 18.2 Å². The van der Waals surface area contributed by atoms with Gasteiger partial charge in [-0.05, 0) is 38.1 Å². The largest absolute Gasteiger partial charge is 0.336 e. The molecule has 0 aliphatic carbocycles. The highest BCUT2D eigenvalue weighted by atomic mass is 16.2. The number of rotatable bonds is 5. The van der Waals surface area contributed by atoms with Gasteiger partial charge >= 0.3 is 5.69 Å². The minimum Gasteiger partial charge on any atom is -0.336 e. The summed E-state index contributed by atoms with van der Waals surface area (Å²) in [6, 6.07) is 13.7. The van der Waals surface area contributed by atoms with E-state index in [-0.39, 0.29) is 24.2 Å². The topological polar surface area (TPSA) is 63.4 Å². The quantitative estimate of drug-likeness (QED) is 0.665. The number of pyridine rings is 1. The van der Waals surface area contributed by atoms with Crippen LogP contribution in [0.2, 0.25) is 0 Å². The number of benzene rings is 1. The zero-order chi connectivity index (χ0) is 20.4. The lowest BCUT2D eigenvalue weighted by Crippen LogP contribution is -2.54. The first kappa shape index (κ1) is 19.4. The van der Waals surface area contributed by atoms with Gasteiger partial charge in [0, 0.05) is 45.0 Å². The van der Waals surface area contributed by atoms with Crippen LogP contribution in [0, 0.1) is 0 Å². The molecule has 1 aliphatic rings. The van der Waals surface area contributed by atoms with E-state index in [4.69, 9.17) is 0 Å². The van der Waals surface area contributed by atoms with Crippen LogP contribution in [-0.4, -0.2) is 55.5 Å². The maximum Gasteiger partial charge on any atom is 0.329 e. The Balaban J connectivity index is 1.47. The van der Waals surface area contributed by atoms with Crippen molar-refractivity contribution in [1.29, 1.82) is 0 Å². The van der Waals surface area contributed by atoms with E-state index < -0.39 is 0 Å². The number of hydrogen-bond acceptors (Lipinski definition) is 4. The highest BCUT2D eigenvalue weighted by molar-refractivity contribution is 5.81. The molecule has 4 rings (SSSR count). The number of fused-ring (bicyclic) bond motifs is 1. The van der Waals surface area contributed by atoms with Crippen LogP contribution >= 0.6 is 0 Å². The summed E-state index contributed by atoms with van der Waals surface area (Å²) in [4.78, 5) is 34.5. The number of imidazole rings is 1. The second-order valence-electron chi connectivity index (χ2n) is 7.59. The molecule has 1 aliphatic heterocycles. The molecule has 0 unspecified atom stereocenters. The molecule has 1 amide bonds. The van der Waals surface area contributed by atoms with Crippen molar-refractivity contribution < 1.29 is 4.79 Å². The first-order valence-corrected chi connectivity index (χ1v) is 10.2. The molecule has 29 heavy (non-hydrogen) atoms. The lowest BCUT2D eigenvalue weighted by Gasteiger charge is -2.39. The number of nitrogens with zero attached hydrogens (tertiary/aromatic N) is 5. The summed E-state index contributed by atoms with van der Waals surface area (Å²) < 4.78 is 3.32. The molecule has 152 valence electrons. The molecule has 1 atom stereocenters. The van der Waals surface area contributed by atoms with Gasteiger partial charge in [0.2, 0.25) is 5.91 Å². The molecule has 1 aromatic carbocycles. The Morgan fingerprint density at radius 1 is 1.07 bits per heavy atom. The van der Waals surface area contributed by atoms with Crippen LogP contribution in [-0.2, 0) is 24.4 Å². The minimum atomic E-state index is -0.122. The van der Waals surface area contributed by atoms with Gasteiger partial charge in [0.05, 0.1) is 16.7 Å². The Kier molecular flexibility index (Phi) is 5.49. The summed E-state index contributed by atoms with van der Waals surface area (Å²) >= 11 is 0. The summed E-state index contributed by atoms with van der Waals surface area (Å²) in [5, 5.41) is 0. The number of piperazine rings is 1. The van der Waals surface area contributed by atoms with Gasteiger partial charge < -0.3 is 4.90 Å². The zero-order valence-electron chi connectivity index (χ0n) is 17.0. The monoisotopic (exact) mass is 393 g/mol. The maximum absolute atomic E-state index is 13.1. The van der Waals surface area contributed by atoms with Crippen LogP contribution in [0.15, 0.2) is 53.5 Å². The van der Waals surface area contributed by atoms with Crippen molar-refractivity contribution in [3.63, 3.8) is 0 Å². The Bertz CT molecular complexity index is 1060. The Morgan fingerprint density at radius 3 is 2.45 bits per heavy atom. The second kappa shape index (κ2) is 8.21. The third-order valence-electron chi connectivity index (χ3n) is 5.68. The van der Waals surface area contributed by atoms with Crippen LogP contribution < -0.4 is 5.69 Å². The van der Waals surface area contributed by atoms with Gasteiger partial charge in [-0.15, -0.1) is 0 Å². The fraction of sp³-hybridized carbons (Fsp3) is 0.409. The fourth-order valence-electron chi connectivity index (χ4n) is 4.22. The number of carbonyl (C=O) groups is 1. The lowest BCUT2D eigenvalue weighted by molar-refractivity contribution is -0.136. The van der Waals surface area contributed by atoms with Gasteiger partial charge in [-0.3, -0.25) is 23.8 Å². The second-order valence-corrected chi connectivity index (χ2v) is 7.59. The molecule has 1 fully saturated rings. The SMILES string of the molecule is CCn1c(=O)n(CC(=O)N2CCN(Cc3ccccn3)C[C@H]2C)c2ccccc21. The number of amides is 1. The third kappa shape index (κ3) is 3.82. The van der Waals surface area contributed by atoms with Crippen molar-refractivity contribution in [2.75, 3.05) is 19.6 Å². The summed E-state index contributed by atoms with van der Waals surface area (Å²) in [6.07, 6.45) is 1.81. The van der Waals surface area contributed by atoms with E-state index in [2.05, 4.69) is 16.8 Å². The predicted octanol–water partition coefficient (Wildman–Crippen LogP) is 1.95. The van der Waals surface area contributed by atoms with Gasteiger partial charge in [0.25, 0.3) is 0 Å². The highest BCUT2D eigenvalue weighted by Crippen LogP contribution is 2.16. The van der Waals surface area contributed by atoms with Crippen molar-refractivity contribution in [2.45, 2.75) is 39.5 Å². The van der Waals surface area contributed by atoms with E-state index in [1.165, 1.54) is 0 Å². The van der Waals surface area contributed by atoms with E-state index in [0.717, 1.165) is 36.4 Å². The summed E-state index contributed by atoms with van der Waals surface area (Å²) in [6.45, 7) is 7.74. The molecule has 0 bridgehead atoms. The minimum absolute atomic E-state index is 0.00362. The van der Waals surface area contributed by atoms with Crippen LogP contribution in [0.5, 0.6) is 0 Å². The lowest BCUT2D eigenvalue weighted by atomic mass is 10.1. The third-order valence-corrected chi connectivity index (χ3v) is 5.68. The molecule has 1 saturated heterocycles. The molecule has 0 spiro atoms. The normalized spacial score (nSPS) is 17.7. The van der Waals surface area contributed by atoms with Crippen LogP contribution in [0.1, 0.15) is 19.5 Å². The molecule has 0 saturated carbocycles. The number of para-hydroxylation sites is 2. The fourth-order valence-corrected chi connectivity index (χ4v) is 4.22. The van der Waals surface area contributed by atoms with Crippen LogP contribution in [0.3, 0.4) is 0 Å². The maximum atomic E-state index is 13.1. The summed E-state index contributed by atoms with van der Waals surface area (Å²) in [5.41, 5.74) is 2.61. The summed E-state index contributed by atoms with van der Waals surface area (Å²) in [5.74, 6) is -0.00362. The van der Waals surface area contributed by atoms with Gasteiger partial charge in [-0.25, -0.2) is 4.79 Å². The Hall–Kier alpha value is -2.93. The zero-order valence-corrected chi connectivity index (χ0v) is 17.0. The average Bonchev–Trinajstić information content (AvgIpc) is 3.00. The Labute approximate surface area is 170 Å². The smallest absolute Gasteiger partial charge is 0.329 e. The molecule has 0 N–H and O–H groups in total. The standard InChI is InChI=1S/C22H27N5O2/c1-3-25-19-9-4-5-10-20(19)27(22(25)29)16-21(28)26-13-12-24(14-17(26)2)15-18-8-6-7-11-23-18/h4-11,17H,3,12-16H2,1-2H3/t17-/m1/s1. The van der Waals surface area contributed by atoms with Gasteiger partial charge in [0.1, 0.15) is 6.54 Å². The van der Waals surface area contributed by atoms with E-state index in [1.807, 2.05) is 60.5 Å². The molecule has 2 aromatic heterocycles. The molecular weight excluding hydrogens is 366 g/mol. The average molecular weight is 393 g/mol. The predicted molar refractivity (Wildman–Crippen MR) is 113 cm³/mol. The summed E-state index contributed by atoms with van der Waals surface area (Å²) in [7, 11) is 0. The molecule has 3 aromatic rings. The van der Waals surface area contributed by atoms with E-state index in [1.54, 1.807) is 9.13 Å². The number of aromatic nitrogens is 3. The van der Waals surface area contributed by atoms with Crippen molar-refractivity contribution in [3.05, 3.63) is 64.8 Å². The van der Waals surface area contributed by atoms with Crippen molar-refractivity contribution in [3.8, 4) is 0 Å². The first-order valence-electron chi connectivity index (χ1n) is 10.2. The number of carbonyl (C=O) groups excluding carboxylic acids is 1. The number of hydrogen-bond donors (Lipinski definition) is 0. The van der Waals surface area contributed by atoms with Crippen LogP contribution in [0.4, 0.5) is 0 Å². The van der Waals surface area contributed by atoms with E-state index >= 15 is 0 Å². The first-order chi connectivity index (χ1) is 14.1. The van der Waals surface area contributed by atoms with Crippen molar-refractivity contribution >= 4 is 16.9 Å².